The molecule has 7 nitrogen and oxygen atoms in total. The number of hydrogen-bond donors (Lipinski definition) is 2. The van der Waals surface area contributed by atoms with Gasteiger partial charge in [0.05, 0.1) is 24.7 Å². The first-order chi connectivity index (χ1) is 18.0. The standard InChI is InChI=1S/C29H35FN4O3/c1-37-19-29(36)13-6-5-12-25(29)34-20-32-26(27(34)22-10-7-11-23(30)17-22)28(35)33-15-14-31-18-24(33)16-21-8-3-2-4-9-21/h2-4,7-11,17,20,24-25,31,36H,5-6,12-16,18-19H2,1H3/t24-,25+,29+/m1/s1. The van der Waals surface area contributed by atoms with Gasteiger partial charge in [-0.25, -0.2) is 9.37 Å². The first-order valence-corrected chi connectivity index (χ1v) is 13.1. The third kappa shape index (κ3) is 5.32. The third-order valence-electron chi connectivity index (χ3n) is 7.71. The van der Waals surface area contributed by atoms with Gasteiger partial charge in [0.1, 0.15) is 11.4 Å². The second kappa shape index (κ2) is 11.1. The minimum atomic E-state index is -1.10. The summed E-state index contributed by atoms with van der Waals surface area (Å²) in [6.07, 6.45) is 5.51. The molecule has 196 valence electrons. The molecule has 2 aromatic carbocycles. The van der Waals surface area contributed by atoms with E-state index in [1.54, 1.807) is 25.6 Å². The van der Waals surface area contributed by atoms with Gasteiger partial charge in [-0.15, -0.1) is 0 Å². The van der Waals surface area contributed by atoms with Crippen LogP contribution in [0.25, 0.3) is 11.3 Å². The number of amides is 1. The average Bonchev–Trinajstić information content (AvgIpc) is 3.34. The first-order valence-electron chi connectivity index (χ1n) is 13.1. The van der Waals surface area contributed by atoms with Crippen molar-refractivity contribution < 1.29 is 19.0 Å². The molecule has 8 heteroatoms. The molecule has 2 fully saturated rings. The lowest BCUT2D eigenvalue weighted by Crippen LogP contribution is -2.54. The Labute approximate surface area is 217 Å². The number of nitrogens with zero attached hydrogens (tertiary/aromatic N) is 3. The summed E-state index contributed by atoms with van der Waals surface area (Å²) in [5.74, 6) is -0.560. The molecular formula is C29H35FN4O3. The third-order valence-corrected chi connectivity index (χ3v) is 7.71. The second-order valence-corrected chi connectivity index (χ2v) is 10.2. The Morgan fingerprint density at radius 1 is 1.22 bits per heavy atom. The van der Waals surface area contributed by atoms with Crippen LogP contribution < -0.4 is 5.32 Å². The van der Waals surface area contributed by atoms with E-state index >= 15 is 0 Å². The van der Waals surface area contributed by atoms with E-state index in [4.69, 9.17) is 4.74 Å². The molecular weight excluding hydrogens is 471 g/mol. The molecule has 1 saturated heterocycles. The number of carbonyl (C=O) groups is 1. The Balaban J connectivity index is 1.55. The highest BCUT2D eigenvalue weighted by atomic mass is 19.1. The molecule has 3 atom stereocenters. The molecule has 5 rings (SSSR count). The highest BCUT2D eigenvalue weighted by molar-refractivity contribution is 5.98. The van der Waals surface area contributed by atoms with Gasteiger partial charge in [-0.1, -0.05) is 55.3 Å². The van der Waals surface area contributed by atoms with Crippen LogP contribution in [0.4, 0.5) is 4.39 Å². The van der Waals surface area contributed by atoms with E-state index in [1.165, 1.54) is 12.1 Å². The summed E-state index contributed by atoms with van der Waals surface area (Å²) in [6, 6.07) is 16.0. The number of nitrogens with one attached hydrogen (secondary N) is 1. The zero-order valence-corrected chi connectivity index (χ0v) is 21.3. The molecule has 2 N–H and O–H groups in total. The summed E-state index contributed by atoms with van der Waals surface area (Å²) in [5, 5.41) is 15.0. The number of methoxy groups -OCH3 is 1. The number of piperazine rings is 1. The largest absolute Gasteiger partial charge is 0.385 e. The van der Waals surface area contributed by atoms with Gasteiger partial charge in [-0.3, -0.25) is 4.79 Å². The van der Waals surface area contributed by atoms with Crippen LogP contribution in [0, 0.1) is 5.82 Å². The van der Waals surface area contributed by atoms with Crippen LogP contribution in [0.15, 0.2) is 60.9 Å². The molecule has 1 aromatic heterocycles. The summed E-state index contributed by atoms with van der Waals surface area (Å²) >= 11 is 0. The fraction of sp³-hybridized carbons (Fsp3) is 0.448. The van der Waals surface area contributed by atoms with Crippen LogP contribution in [0.3, 0.4) is 0 Å². The molecule has 0 unspecified atom stereocenters. The van der Waals surface area contributed by atoms with Crippen molar-refractivity contribution in [3.63, 3.8) is 0 Å². The summed E-state index contributed by atoms with van der Waals surface area (Å²) in [6.45, 7) is 2.12. The van der Waals surface area contributed by atoms with Gasteiger partial charge in [-0.2, -0.15) is 0 Å². The van der Waals surface area contributed by atoms with Gasteiger partial charge in [0.15, 0.2) is 5.69 Å². The van der Waals surface area contributed by atoms with E-state index in [0.29, 0.717) is 37.3 Å². The maximum Gasteiger partial charge on any atom is 0.275 e. The van der Waals surface area contributed by atoms with Gasteiger partial charge < -0.3 is 24.6 Å². The first kappa shape index (κ1) is 25.6. The number of ether oxygens (including phenoxy) is 1. The zero-order chi connectivity index (χ0) is 25.8. The highest BCUT2D eigenvalue weighted by Gasteiger charge is 2.42. The van der Waals surface area contributed by atoms with Crippen LogP contribution in [0.1, 0.15) is 47.8 Å². The maximum absolute atomic E-state index is 14.4. The van der Waals surface area contributed by atoms with Crippen molar-refractivity contribution in [1.29, 1.82) is 0 Å². The molecule has 1 saturated carbocycles. The van der Waals surface area contributed by atoms with Gasteiger partial charge in [0.2, 0.25) is 0 Å². The van der Waals surface area contributed by atoms with Crippen molar-refractivity contribution in [3.05, 3.63) is 78.0 Å². The van der Waals surface area contributed by atoms with Crippen molar-refractivity contribution in [2.45, 2.75) is 49.8 Å². The summed E-state index contributed by atoms with van der Waals surface area (Å²) in [7, 11) is 1.58. The molecule has 1 aliphatic heterocycles. The molecule has 0 spiro atoms. The normalized spacial score (nSPS) is 24.2. The molecule has 0 radical (unpaired) electrons. The number of benzene rings is 2. The fourth-order valence-electron chi connectivity index (χ4n) is 5.93. The van der Waals surface area contributed by atoms with E-state index in [9.17, 15) is 14.3 Å². The summed E-state index contributed by atoms with van der Waals surface area (Å²) in [4.78, 5) is 20.6. The smallest absolute Gasteiger partial charge is 0.275 e. The highest BCUT2D eigenvalue weighted by Crippen LogP contribution is 2.41. The van der Waals surface area contributed by atoms with E-state index in [0.717, 1.165) is 31.2 Å². The van der Waals surface area contributed by atoms with Crippen LogP contribution in [-0.2, 0) is 11.2 Å². The number of aliphatic hydroxyl groups is 1. The van der Waals surface area contributed by atoms with Gasteiger partial charge in [0, 0.05) is 38.3 Å². The van der Waals surface area contributed by atoms with Crippen molar-refractivity contribution in [2.24, 2.45) is 0 Å². The predicted molar refractivity (Wildman–Crippen MR) is 140 cm³/mol. The van der Waals surface area contributed by atoms with Crippen molar-refractivity contribution >= 4 is 5.91 Å². The second-order valence-electron chi connectivity index (χ2n) is 10.2. The van der Waals surface area contributed by atoms with Gasteiger partial charge in [0.25, 0.3) is 5.91 Å². The van der Waals surface area contributed by atoms with Crippen LogP contribution >= 0.6 is 0 Å². The SMILES string of the molecule is COC[C@@]1(O)CCCC[C@@H]1n1cnc(C(=O)N2CCNC[C@H]2Cc2ccccc2)c1-c1cccc(F)c1. The van der Waals surface area contributed by atoms with Crippen molar-refractivity contribution in [3.8, 4) is 11.3 Å². The quantitative estimate of drug-likeness (QED) is 0.509. The molecule has 0 bridgehead atoms. The minimum absolute atomic E-state index is 0.0331. The van der Waals surface area contributed by atoms with Crippen LogP contribution in [0.2, 0.25) is 0 Å². The molecule has 2 heterocycles. The van der Waals surface area contributed by atoms with Gasteiger partial charge in [-0.05, 0) is 37.0 Å². The lowest BCUT2D eigenvalue weighted by Gasteiger charge is -2.41. The van der Waals surface area contributed by atoms with E-state index in [-0.39, 0.29) is 36.1 Å². The molecule has 3 aromatic rings. The summed E-state index contributed by atoms with van der Waals surface area (Å²) in [5.41, 5.74) is 1.47. The van der Waals surface area contributed by atoms with Crippen molar-refractivity contribution in [1.82, 2.24) is 19.8 Å². The Bertz CT molecular complexity index is 1210. The molecule has 37 heavy (non-hydrogen) atoms. The Morgan fingerprint density at radius 3 is 2.84 bits per heavy atom. The van der Waals surface area contributed by atoms with E-state index in [1.807, 2.05) is 27.7 Å². The fourth-order valence-corrected chi connectivity index (χ4v) is 5.93. The average molecular weight is 507 g/mol. The van der Waals surface area contributed by atoms with Gasteiger partial charge >= 0.3 is 0 Å². The van der Waals surface area contributed by atoms with Crippen LogP contribution in [-0.4, -0.2) is 70.5 Å². The Hall–Kier alpha value is -3.07. The topological polar surface area (TPSA) is 79.6 Å². The van der Waals surface area contributed by atoms with Crippen LogP contribution in [0.5, 0.6) is 0 Å². The lowest BCUT2D eigenvalue weighted by molar-refractivity contribution is -0.0893. The molecule has 2 aliphatic rings. The maximum atomic E-state index is 14.4. The summed E-state index contributed by atoms with van der Waals surface area (Å²) < 4.78 is 21.7. The number of carbonyl (C=O) groups excluding carboxylic acids is 1. The predicted octanol–water partition coefficient (Wildman–Crippen LogP) is 3.84. The van der Waals surface area contributed by atoms with E-state index < -0.39 is 5.60 Å². The number of hydrogen-bond acceptors (Lipinski definition) is 5. The van der Waals surface area contributed by atoms with Crippen molar-refractivity contribution in [2.75, 3.05) is 33.4 Å². The molecule has 1 aliphatic carbocycles. The number of aromatic nitrogens is 2. The lowest BCUT2D eigenvalue weighted by atomic mass is 9.80. The number of halogens is 1. The monoisotopic (exact) mass is 506 g/mol. The minimum Gasteiger partial charge on any atom is -0.385 e. The Kier molecular flexibility index (Phi) is 7.69. The van der Waals surface area contributed by atoms with E-state index in [2.05, 4.69) is 22.4 Å². The Morgan fingerprint density at radius 2 is 2.05 bits per heavy atom. The number of imidazole rings is 1. The zero-order valence-electron chi connectivity index (χ0n) is 21.3. The molecule has 1 amide bonds. The number of rotatable bonds is 7.